The van der Waals surface area contributed by atoms with Gasteiger partial charge in [-0.25, -0.2) is 13.2 Å². The van der Waals surface area contributed by atoms with Gasteiger partial charge in [0, 0.05) is 35.8 Å². The van der Waals surface area contributed by atoms with Crippen LogP contribution in [0, 0.1) is 6.92 Å². The van der Waals surface area contributed by atoms with Crippen LogP contribution in [0.1, 0.15) is 21.6 Å². The molecule has 33 heavy (non-hydrogen) atoms. The Hall–Kier alpha value is -3.62. The molecule has 0 amide bonds. The van der Waals surface area contributed by atoms with E-state index in [4.69, 9.17) is 4.74 Å². The number of sulfonamides is 1. The molecule has 0 saturated carbocycles. The normalized spacial score (nSPS) is 11.8. The smallest absolute Gasteiger partial charge is 0.335 e. The second kappa shape index (κ2) is 8.73. The number of nitrogens with zero attached hydrogens (tertiary/aromatic N) is 1. The van der Waals surface area contributed by atoms with Crippen molar-refractivity contribution in [3.63, 3.8) is 0 Å². The van der Waals surface area contributed by atoms with Crippen molar-refractivity contribution in [3.8, 4) is 16.9 Å². The fraction of sp³-hybridized carbons (Fsp3) is 0.160. The van der Waals surface area contributed by atoms with E-state index in [9.17, 15) is 18.3 Å². The fourth-order valence-electron chi connectivity index (χ4n) is 3.90. The van der Waals surface area contributed by atoms with E-state index < -0.39 is 16.0 Å². The SMILES string of the molecule is COc1ccc(CN(C)S(=O)(=O)c2cccc(-c3c(C)[nH]c4ccc(C(=O)O)cc34)c2)cc1. The van der Waals surface area contributed by atoms with E-state index in [2.05, 4.69) is 4.98 Å². The van der Waals surface area contributed by atoms with E-state index in [1.807, 2.05) is 25.1 Å². The van der Waals surface area contributed by atoms with Crippen LogP contribution in [0.15, 0.2) is 71.6 Å². The zero-order valence-corrected chi connectivity index (χ0v) is 19.3. The molecular formula is C25H24N2O5S. The lowest BCUT2D eigenvalue weighted by Gasteiger charge is -2.18. The number of hydrogen-bond donors (Lipinski definition) is 2. The van der Waals surface area contributed by atoms with Crippen LogP contribution in [0.2, 0.25) is 0 Å². The predicted octanol–water partition coefficient (Wildman–Crippen LogP) is 4.67. The number of aromatic carboxylic acids is 1. The molecule has 8 heteroatoms. The molecule has 0 aliphatic rings. The maximum absolute atomic E-state index is 13.3. The van der Waals surface area contributed by atoms with Gasteiger partial charge in [-0.2, -0.15) is 4.31 Å². The van der Waals surface area contributed by atoms with Gasteiger partial charge in [-0.3, -0.25) is 0 Å². The Balaban J connectivity index is 1.70. The molecule has 0 aliphatic heterocycles. The fourth-order valence-corrected chi connectivity index (χ4v) is 5.10. The van der Waals surface area contributed by atoms with Gasteiger partial charge in [0.05, 0.1) is 17.6 Å². The molecule has 1 heterocycles. The number of fused-ring (bicyclic) bond motifs is 1. The van der Waals surface area contributed by atoms with E-state index in [0.29, 0.717) is 11.3 Å². The van der Waals surface area contributed by atoms with E-state index >= 15 is 0 Å². The number of methoxy groups -OCH3 is 1. The van der Waals surface area contributed by atoms with Crippen molar-refractivity contribution < 1.29 is 23.1 Å². The molecule has 0 radical (unpaired) electrons. The molecule has 7 nitrogen and oxygen atoms in total. The number of ether oxygens (including phenoxy) is 1. The van der Waals surface area contributed by atoms with Gasteiger partial charge in [-0.15, -0.1) is 0 Å². The van der Waals surface area contributed by atoms with E-state index in [1.165, 1.54) is 4.31 Å². The second-order valence-electron chi connectivity index (χ2n) is 7.83. The molecular weight excluding hydrogens is 440 g/mol. The highest BCUT2D eigenvalue weighted by Gasteiger charge is 2.22. The molecule has 3 aromatic carbocycles. The number of carboxylic acid groups (broad SMARTS) is 1. The summed E-state index contributed by atoms with van der Waals surface area (Å²) in [5.74, 6) is -0.310. The number of aryl methyl sites for hydroxylation is 1. The average molecular weight is 465 g/mol. The summed E-state index contributed by atoms with van der Waals surface area (Å²) in [4.78, 5) is 14.9. The third-order valence-corrected chi connectivity index (χ3v) is 7.43. The number of benzene rings is 3. The second-order valence-corrected chi connectivity index (χ2v) is 9.87. The van der Waals surface area contributed by atoms with Crippen LogP contribution in [-0.2, 0) is 16.6 Å². The summed E-state index contributed by atoms with van der Waals surface area (Å²) in [7, 11) is -0.633. The summed E-state index contributed by atoms with van der Waals surface area (Å²) in [6.07, 6.45) is 0. The number of carboxylic acids is 1. The maximum Gasteiger partial charge on any atom is 0.335 e. The number of aromatic nitrogens is 1. The Bertz CT molecular complexity index is 1440. The van der Waals surface area contributed by atoms with Crippen molar-refractivity contribution in [2.45, 2.75) is 18.4 Å². The highest BCUT2D eigenvalue weighted by atomic mass is 32.2. The first-order chi connectivity index (χ1) is 15.7. The van der Waals surface area contributed by atoms with Crippen LogP contribution >= 0.6 is 0 Å². The predicted molar refractivity (Wildman–Crippen MR) is 127 cm³/mol. The molecule has 0 spiro atoms. The molecule has 4 aromatic rings. The number of aromatic amines is 1. The molecule has 1 aromatic heterocycles. The minimum Gasteiger partial charge on any atom is -0.497 e. The summed E-state index contributed by atoms with van der Waals surface area (Å²) in [6, 6.07) is 18.8. The Kier molecular flexibility index (Phi) is 5.97. The zero-order valence-electron chi connectivity index (χ0n) is 18.5. The Morgan fingerprint density at radius 3 is 2.45 bits per heavy atom. The van der Waals surface area contributed by atoms with Crippen LogP contribution in [0.25, 0.3) is 22.0 Å². The maximum atomic E-state index is 13.3. The number of carbonyl (C=O) groups is 1. The molecule has 0 atom stereocenters. The van der Waals surface area contributed by atoms with E-state index in [0.717, 1.165) is 27.7 Å². The first-order valence-corrected chi connectivity index (χ1v) is 11.7. The summed E-state index contributed by atoms with van der Waals surface area (Å²) < 4.78 is 33.0. The minimum absolute atomic E-state index is 0.166. The number of rotatable bonds is 7. The highest BCUT2D eigenvalue weighted by molar-refractivity contribution is 7.89. The molecule has 170 valence electrons. The number of H-pyrrole nitrogens is 1. The van der Waals surface area contributed by atoms with Crippen LogP contribution in [0.4, 0.5) is 0 Å². The van der Waals surface area contributed by atoms with Crippen molar-refractivity contribution in [1.82, 2.24) is 9.29 Å². The van der Waals surface area contributed by atoms with Gasteiger partial charge in [-0.05, 0) is 60.5 Å². The van der Waals surface area contributed by atoms with Crippen molar-refractivity contribution in [2.75, 3.05) is 14.2 Å². The van der Waals surface area contributed by atoms with Gasteiger partial charge >= 0.3 is 5.97 Å². The topological polar surface area (TPSA) is 99.7 Å². The Morgan fingerprint density at radius 1 is 1.06 bits per heavy atom. The lowest BCUT2D eigenvalue weighted by atomic mass is 10.0. The molecule has 4 rings (SSSR count). The van der Waals surface area contributed by atoms with Crippen molar-refractivity contribution >= 4 is 26.9 Å². The lowest BCUT2D eigenvalue weighted by Crippen LogP contribution is -2.26. The summed E-state index contributed by atoms with van der Waals surface area (Å²) in [5.41, 5.74) is 4.10. The van der Waals surface area contributed by atoms with Gasteiger partial charge in [0.1, 0.15) is 5.75 Å². The first kappa shape index (κ1) is 22.6. The zero-order chi connectivity index (χ0) is 23.8. The Morgan fingerprint density at radius 2 is 1.79 bits per heavy atom. The molecule has 0 aliphatic carbocycles. The van der Waals surface area contributed by atoms with Crippen LogP contribution < -0.4 is 4.74 Å². The summed E-state index contributed by atoms with van der Waals surface area (Å²) in [6.45, 7) is 2.09. The molecule has 0 bridgehead atoms. The van der Waals surface area contributed by atoms with Gasteiger partial charge in [0.15, 0.2) is 0 Å². The first-order valence-electron chi connectivity index (χ1n) is 10.3. The largest absolute Gasteiger partial charge is 0.497 e. The third-order valence-electron chi connectivity index (χ3n) is 5.63. The summed E-state index contributed by atoms with van der Waals surface area (Å²) >= 11 is 0. The number of nitrogens with one attached hydrogen (secondary N) is 1. The molecule has 0 saturated heterocycles. The lowest BCUT2D eigenvalue weighted by molar-refractivity contribution is 0.0697. The highest BCUT2D eigenvalue weighted by Crippen LogP contribution is 2.34. The van der Waals surface area contributed by atoms with Gasteiger partial charge in [0.2, 0.25) is 10.0 Å². The van der Waals surface area contributed by atoms with Gasteiger partial charge in [0.25, 0.3) is 0 Å². The molecule has 0 unspecified atom stereocenters. The standard InChI is InChI=1S/C25H24N2O5S/c1-16-24(22-14-19(25(28)29)9-12-23(22)26-16)18-5-4-6-21(13-18)33(30,31)27(2)15-17-7-10-20(32-3)11-8-17/h4-14,26H,15H2,1-3H3,(H,28,29). The van der Waals surface area contributed by atoms with Crippen LogP contribution in [-0.4, -0.2) is 42.9 Å². The van der Waals surface area contributed by atoms with E-state index in [1.54, 1.807) is 62.7 Å². The van der Waals surface area contributed by atoms with Gasteiger partial charge in [-0.1, -0.05) is 24.3 Å². The monoisotopic (exact) mass is 464 g/mol. The quantitative estimate of drug-likeness (QED) is 0.414. The van der Waals surface area contributed by atoms with Crippen LogP contribution in [0.3, 0.4) is 0 Å². The number of hydrogen-bond acceptors (Lipinski definition) is 4. The minimum atomic E-state index is -3.76. The Labute approximate surface area is 192 Å². The van der Waals surface area contributed by atoms with Crippen molar-refractivity contribution in [2.24, 2.45) is 0 Å². The van der Waals surface area contributed by atoms with Gasteiger partial charge < -0.3 is 14.8 Å². The molecule has 2 N–H and O–H groups in total. The van der Waals surface area contributed by atoms with E-state index in [-0.39, 0.29) is 17.0 Å². The third kappa shape index (κ3) is 4.35. The molecule has 0 fully saturated rings. The van der Waals surface area contributed by atoms with Crippen molar-refractivity contribution in [3.05, 3.63) is 83.6 Å². The average Bonchev–Trinajstić information content (AvgIpc) is 3.14. The summed E-state index contributed by atoms with van der Waals surface area (Å²) in [5, 5.41) is 10.1. The van der Waals surface area contributed by atoms with Crippen molar-refractivity contribution in [1.29, 1.82) is 0 Å². The van der Waals surface area contributed by atoms with Crippen LogP contribution in [0.5, 0.6) is 5.75 Å².